The van der Waals surface area contributed by atoms with Gasteiger partial charge in [-0.25, -0.2) is 0 Å². The zero-order valence-electron chi connectivity index (χ0n) is 13.7. The predicted octanol–water partition coefficient (Wildman–Crippen LogP) is 5.74. The van der Waals surface area contributed by atoms with Crippen molar-refractivity contribution in [3.8, 4) is 5.69 Å². The van der Waals surface area contributed by atoms with Crippen LogP contribution < -0.4 is 5.32 Å². The molecular weight excluding hydrogens is 451 g/mol. The second-order valence-corrected chi connectivity index (χ2v) is 7.45. The second-order valence-electron chi connectivity index (χ2n) is 5.72. The third-order valence-electron chi connectivity index (χ3n) is 3.88. The van der Waals surface area contributed by atoms with E-state index in [0.29, 0.717) is 32.3 Å². The number of nitrogens with zero attached hydrogens (tertiary/aromatic N) is 3. The molecule has 27 heavy (non-hydrogen) atoms. The Bertz CT molecular complexity index is 1160. The number of benzene rings is 3. The fourth-order valence-corrected chi connectivity index (χ4v) is 3.34. The standard InChI is InChI=1S/C19H11BrCl2N4O/c20-11-6-7-14(21)13(8-11)19(27)23-16-10-18-17(9-15(16)22)24-26(25-18)12-4-2-1-3-5-12/h1-10H,(H,23,27). The molecule has 1 N–H and O–H groups in total. The molecule has 0 bridgehead atoms. The van der Waals surface area contributed by atoms with Gasteiger partial charge in [0.2, 0.25) is 0 Å². The van der Waals surface area contributed by atoms with Crippen molar-refractivity contribution in [2.45, 2.75) is 0 Å². The molecule has 0 spiro atoms. The number of hydrogen-bond acceptors (Lipinski definition) is 3. The number of carbonyl (C=O) groups is 1. The third-order valence-corrected chi connectivity index (χ3v) is 5.01. The third kappa shape index (κ3) is 3.69. The van der Waals surface area contributed by atoms with E-state index in [-0.39, 0.29) is 5.91 Å². The Morgan fingerprint density at radius 3 is 2.37 bits per heavy atom. The summed E-state index contributed by atoms with van der Waals surface area (Å²) in [5.41, 5.74) is 2.85. The van der Waals surface area contributed by atoms with Crippen LogP contribution in [-0.2, 0) is 0 Å². The Morgan fingerprint density at radius 1 is 0.926 bits per heavy atom. The molecule has 0 fully saturated rings. The van der Waals surface area contributed by atoms with Gasteiger partial charge < -0.3 is 5.32 Å². The van der Waals surface area contributed by atoms with Crippen LogP contribution in [0.15, 0.2) is 65.1 Å². The number of halogens is 3. The van der Waals surface area contributed by atoms with Gasteiger partial charge in [-0.3, -0.25) is 4.79 Å². The molecule has 0 aliphatic heterocycles. The number of fused-ring (bicyclic) bond motifs is 1. The summed E-state index contributed by atoms with van der Waals surface area (Å²) in [6, 6.07) is 18.0. The lowest BCUT2D eigenvalue weighted by Gasteiger charge is -2.08. The molecule has 4 rings (SSSR count). The summed E-state index contributed by atoms with van der Waals surface area (Å²) in [5.74, 6) is -0.363. The van der Waals surface area contributed by atoms with E-state index < -0.39 is 0 Å². The highest BCUT2D eigenvalue weighted by molar-refractivity contribution is 9.10. The van der Waals surface area contributed by atoms with E-state index >= 15 is 0 Å². The van der Waals surface area contributed by atoms with Crippen LogP contribution in [0.2, 0.25) is 10.0 Å². The molecule has 134 valence electrons. The first-order valence-electron chi connectivity index (χ1n) is 7.90. The zero-order chi connectivity index (χ0) is 19.0. The monoisotopic (exact) mass is 460 g/mol. The van der Waals surface area contributed by atoms with Crippen molar-refractivity contribution in [3.05, 3.63) is 80.7 Å². The number of hydrogen-bond donors (Lipinski definition) is 1. The number of anilines is 1. The minimum atomic E-state index is -0.363. The summed E-state index contributed by atoms with van der Waals surface area (Å²) in [7, 11) is 0. The average Bonchev–Trinajstić information content (AvgIpc) is 3.07. The molecule has 0 atom stereocenters. The fraction of sp³-hybridized carbons (Fsp3) is 0. The van der Waals surface area contributed by atoms with Gasteiger partial charge in [0, 0.05) is 4.47 Å². The van der Waals surface area contributed by atoms with Crippen molar-refractivity contribution in [3.63, 3.8) is 0 Å². The van der Waals surface area contributed by atoms with E-state index in [1.54, 1.807) is 30.3 Å². The highest BCUT2D eigenvalue weighted by atomic mass is 79.9. The largest absolute Gasteiger partial charge is 0.321 e. The van der Waals surface area contributed by atoms with Gasteiger partial charge in [0.25, 0.3) is 5.91 Å². The van der Waals surface area contributed by atoms with Gasteiger partial charge in [-0.05, 0) is 42.5 Å². The minimum Gasteiger partial charge on any atom is -0.321 e. The maximum Gasteiger partial charge on any atom is 0.257 e. The van der Waals surface area contributed by atoms with Gasteiger partial charge in [-0.1, -0.05) is 57.3 Å². The van der Waals surface area contributed by atoms with Crippen LogP contribution in [0.3, 0.4) is 0 Å². The van der Waals surface area contributed by atoms with Gasteiger partial charge in [0.05, 0.1) is 27.0 Å². The van der Waals surface area contributed by atoms with E-state index in [9.17, 15) is 4.79 Å². The topological polar surface area (TPSA) is 59.8 Å². The van der Waals surface area contributed by atoms with Crippen molar-refractivity contribution in [1.82, 2.24) is 15.0 Å². The average molecular weight is 462 g/mol. The Hall–Kier alpha value is -2.41. The van der Waals surface area contributed by atoms with Gasteiger partial charge >= 0.3 is 0 Å². The summed E-state index contributed by atoms with van der Waals surface area (Å²) >= 11 is 15.8. The van der Waals surface area contributed by atoms with Crippen LogP contribution in [0.4, 0.5) is 5.69 Å². The molecule has 5 nitrogen and oxygen atoms in total. The SMILES string of the molecule is O=C(Nc1cc2nn(-c3ccccc3)nc2cc1Cl)c1cc(Br)ccc1Cl. The Kier molecular flexibility index (Phi) is 4.86. The van der Waals surface area contributed by atoms with E-state index in [2.05, 4.69) is 31.4 Å². The van der Waals surface area contributed by atoms with Crippen molar-refractivity contribution in [2.75, 3.05) is 5.32 Å². The maximum atomic E-state index is 12.6. The lowest BCUT2D eigenvalue weighted by Crippen LogP contribution is -2.12. The van der Waals surface area contributed by atoms with E-state index in [0.717, 1.165) is 10.2 Å². The molecule has 1 aromatic heterocycles. The smallest absolute Gasteiger partial charge is 0.257 e. The van der Waals surface area contributed by atoms with Crippen LogP contribution in [0.1, 0.15) is 10.4 Å². The molecule has 0 saturated heterocycles. The van der Waals surface area contributed by atoms with Crippen molar-refractivity contribution >= 4 is 61.8 Å². The Balaban J connectivity index is 1.69. The number of rotatable bonds is 3. The summed E-state index contributed by atoms with van der Waals surface area (Å²) in [4.78, 5) is 14.1. The van der Waals surface area contributed by atoms with Crippen LogP contribution >= 0.6 is 39.1 Å². The van der Waals surface area contributed by atoms with Gasteiger partial charge in [-0.15, -0.1) is 10.2 Å². The van der Waals surface area contributed by atoms with Crippen molar-refractivity contribution in [1.29, 1.82) is 0 Å². The highest BCUT2D eigenvalue weighted by Gasteiger charge is 2.15. The number of para-hydroxylation sites is 1. The molecule has 0 aliphatic rings. The summed E-state index contributed by atoms with van der Waals surface area (Å²) in [6.07, 6.45) is 0. The molecule has 1 amide bonds. The number of nitrogens with one attached hydrogen (secondary N) is 1. The molecule has 4 aromatic rings. The van der Waals surface area contributed by atoms with E-state index in [1.165, 1.54) is 4.80 Å². The maximum absolute atomic E-state index is 12.6. The number of carbonyl (C=O) groups excluding carboxylic acids is 1. The molecule has 0 radical (unpaired) electrons. The van der Waals surface area contributed by atoms with Crippen molar-refractivity contribution in [2.24, 2.45) is 0 Å². The minimum absolute atomic E-state index is 0.343. The summed E-state index contributed by atoms with van der Waals surface area (Å²) < 4.78 is 0.754. The summed E-state index contributed by atoms with van der Waals surface area (Å²) in [5, 5.41) is 12.4. The van der Waals surface area contributed by atoms with Crippen LogP contribution in [0.5, 0.6) is 0 Å². The molecule has 0 saturated carbocycles. The Morgan fingerprint density at radius 2 is 1.63 bits per heavy atom. The fourth-order valence-electron chi connectivity index (χ4n) is 2.57. The molecule has 0 unspecified atom stereocenters. The molecule has 8 heteroatoms. The van der Waals surface area contributed by atoms with E-state index in [4.69, 9.17) is 23.2 Å². The second kappa shape index (κ2) is 7.31. The first-order chi connectivity index (χ1) is 13.0. The van der Waals surface area contributed by atoms with Crippen LogP contribution in [0, 0.1) is 0 Å². The predicted molar refractivity (Wildman–Crippen MR) is 111 cm³/mol. The lowest BCUT2D eigenvalue weighted by molar-refractivity contribution is 0.102. The van der Waals surface area contributed by atoms with Gasteiger partial charge in [0.15, 0.2) is 0 Å². The molecular formula is C19H11BrCl2N4O. The number of amides is 1. The normalized spacial score (nSPS) is 10.9. The highest BCUT2D eigenvalue weighted by Crippen LogP contribution is 2.29. The van der Waals surface area contributed by atoms with E-state index in [1.807, 2.05) is 30.3 Å². The van der Waals surface area contributed by atoms with Gasteiger partial charge in [0.1, 0.15) is 11.0 Å². The Labute approximate surface area is 173 Å². The lowest BCUT2D eigenvalue weighted by atomic mass is 10.2. The molecule has 3 aromatic carbocycles. The van der Waals surface area contributed by atoms with Crippen LogP contribution in [0.25, 0.3) is 16.7 Å². The first kappa shape index (κ1) is 18.0. The molecule has 0 aliphatic carbocycles. The number of aromatic nitrogens is 3. The zero-order valence-corrected chi connectivity index (χ0v) is 16.8. The van der Waals surface area contributed by atoms with Crippen LogP contribution in [-0.4, -0.2) is 20.9 Å². The quantitative estimate of drug-likeness (QED) is 0.423. The van der Waals surface area contributed by atoms with Gasteiger partial charge in [-0.2, -0.15) is 4.80 Å². The molecule has 1 heterocycles. The first-order valence-corrected chi connectivity index (χ1v) is 9.44. The summed E-state index contributed by atoms with van der Waals surface area (Å²) in [6.45, 7) is 0. The van der Waals surface area contributed by atoms with Crippen molar-refractivity contribution < 1.29 is 4.79 Å².